The van der Waals surface area contributed by atoms with E-state index >= 15 is 0 Å². The minimum atomic E-state index is -1.36. The van der Waals surface area contributed by atoms with E-state index in [0.717, 1.165) is 0 Å². The average Bonchev–Trinajstić information content (AvgIpc) is 2.87. The largest absolute Gasteiger partial charge is 0.481 e. The number of amides is 2. The Bertz CT molecular complexity index is 1130. The molecule has 2 atom stereocenters. The number of hydrogen-bond donors (Lipinski definition) is 6. The van der Waals surface area contributed by atoms with E-state index in [-0.39, 0.29) is 24.0 Å². The Morgan fingerprint density at radius 2 is 0.895 bits per heavy atom. The molecule has 14 heteroatoms. The van der Waals surface area contributed by atoms with Gasteiger partial charge in [-0.2, -0.15) is 10.2 Å². The molecule has 38 heavy (non-hydrogen) atoms. The molecule has 200 valence electrons. The normalized spacial score (nSPS) is 12.3. The van der Waals surface area contributed by atoms with Crippen molar-refractivity contribution in [3.05, 3.63) is 59.7 Å². The summed E-state index contributed by atoms with van der Waals surface area (Å²) in [7, 11) is 0. The lowest BCUT2D eigenvalue weighted by atomic mass is 10.1. The van der Waals surface area contributed by atoms with Gasteiger partial charge in [0, 0.05) is 24.0 Å². The van der Waals surface area contributed by atoms with Crippen molar-refractivity contribution in [1.29, 1.82) is 0 Å². The topological polar surface area (TPSA) is 232 Å². The molecule has 0 bridgehead atoms. The van der Waals surface area contributed by atoms with Crippen LogP contribution in [0.25, 0.3) is 0 Å². The summed E-state index contributed by atoms with van der Waals surface area (Å²) in [5.41, 5.74) is 0.964. The number of carbonyl (C=O) groups excluding carboxylic acids is 2. The highest BCUT2D eigenvalue weighted by Crippen LogP contribution is 2.19. The molecule has 2 amide bonds. The molecular formula is C24H24N4O10. The van der Waals surface area contributed by atoms with Crippen LogP contribution in [0.5, 0.6) is 0 Å². The van der Waals surface area contributed by atoms with Gasteiger partial charge < -0.3 is 31.1 Å². The molecule has 0 aromatic heterocycles. The third-order valence-electron chi connectivity index (χ3n) is 5.04. The van der Waals surface area contributed by atoms with Crippen LogP contribution in [0.3, 0.4) is 0 Å². The molecule has 14 nitrogen and oxygen atoms in total. The molecule has 0 saturated carbocycles. The van der Waals surface area contributed by atoms with Crippen LogP contribution in [0, 0.1) is 0 Å². The Labute approximate surface area is 215 Å². The van der Waals surface area contributed by atoms with Crippen LogP contribution >= 0.6 is 0 Å². The third kappa shape index (κ3) is 9.49. The molecule has 0 spiro atoms. The summed E-state index contributed by atoms with van der Waals surface area (Å²) in [4.78, 5) is 68.3. The standard InChI is InChI=1S/C24H24N4O10/c29-19(30)11-9-17(23(35)36)25-21(33)13-1-5-15(6-2-13)27-28-16-7-3-14(4-8-16)22(34)26-18(24(37)38)10-12-20(31)32/h1-8,17-18H,9-12H2,(H,25,33)(H,26,34)(H,29,30)(H,31,32)(H,35,36)(H,37,38)/t17-,18+. The summed E-state index contributed by atoms with van der Waals surface area (Å²) in [6, 6.07) is 8.64. The van der Waals surface area contributed by atoms with Crippen LogP contribution in [0.1, 0.15) is 46.4 Å². The van der Waals surface area contributed by atoms with E-state index in [1.165, 1.54) is 48.5 Å². The monoisotopic (exact) mass is 528 g/mol. The van der Waals surface area contributed by atoms with Gasteiger partial charge in [0.05, 0.1) is 11.4 Å². The van der Waals surface area contributed by atoms with E-state index < -0.39 is 60.6 Å². The van der Waals surface area contributed by atoms with Gasteiger partial charge in [-0.3, -0.25) is 19.2 Å². The molecule has 0 radical (unpaired) electrons. The molecule has 0 heterocycles. The lowest BCUT2D eigenvalue weighted by molar-refractivity contribution is -0.142. The molecule has 2 aromatic rings. The Morgan fingerprint density at radius 1 is 0.579 bits per heavy atom. The average molecular weight is 528 g/mol. The maximum absolute atomic E-state index is 12.3. The highest BCUT2D eigenvalue weighted by atomic mass is 16.4. The molecule has 6 N–H and O–H groups in total. The van der Waals surface area contributed by atoms with Gasteiger partial charge in [-0.25, -0.2) is 9.59 Å². The number of carboxylic acid groups (broad SMARTS) is 4. The second kappa shape index (κ2) is 13.8. The Hall–Kier alpha value is -5.14. The van der Waals surface area contributed by atoms with Crippen molar-refractivity contribution in [3.63, 3.8) is 0 Å². The Morgan fingerprint density at radius 3 is 1.16 bits per heavy atom. The Balaban J connectivity index is 1.98. The fraction of sp³-hybridized carbons (Fsp3) is 0.250. The minimum Gasteiger partial charge on any atom is -0.481 e. The fourth-order valence-electron chi connectivity index (χ4n) is 3.01. The number of hydrogen-bond acceptors (Lipinski definition) is 8. The fourth-order valence-corrected chi connectivity index (χ4v) is 3.01. The summed E-state index contributed by atoms with van der Waals surface area (Å²) in [5, 5.41) is 48.2. The van der Waals surface area contributed by atoms with Crippen molar-refractivity contribution >= 4 is 47.1 Å². The molecule has 0 saturated heterocycles. The van der Waals surface area contributed by atoms with E-state index in [0.29, 0.717) is 11.4 Å². The summed E-state index contributed by atoms with van der Waals surface area (Å²) < 4.78 is 0. The van der Waals surface area contributed by atoms with E-state index in [2.05, 4.69) is 20.9 Å². The zero-order valence-corrected chi connectivity index (χ0v) is 19.7. The van der Waals surface area contributed by atoms with Crippen LogP contribution in [0.2, 0.25) is 0 Å². The summed E-state index contributed by atoms with van der Waals surface area (Å²) in [6.45, 7) is 0. The van der Waals surface area contributed by atoms with Crippen molar-refractivity contribution in [2.24, 2.45) is 10.2 Å². The highest BCUT2D eigenvalue weighted by molar-refractivity contribution is 5.97. The number of benzene rings is 2. The van der Waals surface area contributed by atoms with E-state index in [9.17, 15) is 28.8 Å². The first-order valence-corrected chi connectivity index (χ1v) is 11.1. The predicted octanol–water partition coefficient (Wildman–Crippen LogP) is 2.20. The molecule has 0 aliphatic heterocycles. The lowest BCUT2D eigenvalue weighted by Crippen LogP contribution is -2.41. The summed E-state index contributed by atoms with van der Waals surface area (Å²) >= 11 is 0. The van der Waals surface area contributed by atoms with E-state index in [1.807, 2.05) is 0 Å². The van der Waals surface area contributed by atoms with Gasteiger partial charge in [-0.15, -0.1) is 0 Å². The van der Waals surface area contributed by atoms with Crippen LogP contribution in [0.15, 0.2) is 58.8 Å². The van der Waals surface area contributed by atoms with Gasteiger partial charge in [-0.05, 0) is 61.4 Å². The maximum Gasteiger partial charge on any atom is 0.326 e. The van der Waals surface area contributed by atoms with Gasteiger partial charge >= 0.3 is 23.9 Å². The Kier molecular flexibility index (Phi) is 10.6. The number of nitrogens with zero attached hydrogens (tertiary/aromatic N) is 2. The second-order valence-corrected chi connectivity index (χ2v) is 7.89. The van der Waals surface area contributed by atoms with E-state index in [1.54, 1.807) is 0 Å². The van der Waals surface area contributed by atoms with Gasteiger partial charge in [0.15, 0.2) is 0 Å². The summed E-state index contributed by atoms with van der Waals surface area (Å²) in [5.74, 6) is -6.47. The molecule has 2 aromatic carbocycles. The predicted molar refractivity (Wildman–Crippen MR) is 129 cm³/mol. The highest BCUT2D eigenvalue weighted by Gasteiger charge is 2.22. The molecule has 0 unspecified atom stereocenters. The van der Waals surface area contributed by atoms with Crippen molar-refractivity contribution in [2.45, 2.75) is 37.8 Å². The van der Waals surface area contributed by atoms with Crippen molar-refractivity contribution < 1.29 is 49.2 Å². The number of nitrogens with one attached hydrogen (secondary N) is 2. The van der Waals surface area contributed by atoms with Gasteiger partial charge in [0.1, 0.15) is 12.1 Å². The van der Waals surface area contributed by atoms with Crippen LogP contribution in [0.4, 0.5) is 11.4 Å². The van der Waals surface area contributed by atoms with Crippen LogP contribution in [-0.2, 0) is 19.2 Å². The minimum absolute atomic E-state index is 0.129. The molecular weight excluding hydrogens is 504 g/mol. The number of carbonyl (C=O) groups is 6. The number of carboxylic acids is 4. The summed E-state index contributed by atoms with van der Waals surface area (Å²) in [6.07, 6.45) is -1.38. The first-order valence-electron chi connectivity index (χ1n) is 11.1. The van der Waals surface area contributed by atoms with Crippen LogP contribution < -0.4 is 10.6 Å². The molecule has 0 aliphatic carbocycles. The van der Waals surface area contributed by atoms with Crippen molar-refractivity contribution in [3.8, 4) is 0 Å². The maximum atomic E-state index is 12.3. The smallest absolute Gasteiger partial charge is 0.326 e. The van der Waals surface area contributed by atoms with Crippen LogP contribution in [-0.4, -0.2) is 68.2 Å². The molecule has 0 fully saturated rings. The van der Waals surface area contributed by atoms with Gasteiger partial charge in [-0.1, -0.05) is 0 Å². The number of azo groups is 1. The first-order chi connectivity index (χ1) is 18.0. The van der Waals surface area contributed by atoms with Gasteiger partial charge in [0.25, 0.3) is 11.8 Å². The third-order valence-corrected chi connectivity index (χ3v) is 5.04. The number of aliphatic carboxylic acids is 4. The van der Waals surface area contributed by atoms with Crippen molar-refractivity contribution in [1.82, 2.24) is 10.6 Å². The first kappa shape index (κ1) is 29.1. The van der Waals surface area contributed by atoms with E-state index in [4.69, 9.17) is 20.4 Å². The zero-order chi connectivity index (χ0) is 28.2. The number of rotatable bonds is 14. The lowest BCUT2D eigenvalue weighted by Gasteiger charge is -2.13. The quantitative estimate of drug-likeness (QED) is 0.196. The van der Waals surface area contributed by atoms with Crippen molar-refractivity contribution in [2.75, 3.05) is 0 Å². The van der Waals surface area contributed by atoms with Gasteiger partial charge in [0.2, 0.25) is 0 Å². The second-order valence-electron chi connectivity index (χ2n) is 7.89. The molecule has 0 aliphatic rings. The SMILES string of the molecule is O=C(O)CC[C@H](NC(=O)c1ccc(N=Nc2ccc(C(=O)N[C@H](CCC(=O)O)C(=O)O)cc2)cc1)C(=O)O. The zero-order valence-electron chi connectivity index (χ0n) is 19.7. The molecule has 2 rings (SSSR count).